The van der Waals surface area contributed by atoms with Gasteiger partial charge in [0.1, 0.15) is 17.1 Å². The molecule has 7 nitrogen and oxygen atoms in total. The fourth-order valence-corrected chi connectivity index (χ4v) is 4.26. The Labute approximate surface area is 206 Å². The summed E-state index contributed by atoms with van der Waals surface area (Å²) in [6.07, 6.45) is -0.350. The maximum atomic E-state index is 13.6. The zero-order valence-electron chi connectivity index (χ0n) is 21.0. The predicted octanol–water partition coefficient (Wildman–Crippen LogP) is 5.22. The SMILES string of the molecule is COc1cccc(-c2ccc3c(C(=O)N4CCN(C(=O)OC(C)(C)C)CC4)c(OC)ccc3c2)c1. The molecule has 1 aliphatic heterocycles. The molecule has 0 aliphatic carbocycles. The Bertz CT molecular complexity index is 1240. The first-order chi connectivity index (χ1) is 16.7. The lowest BCUT2D eigenvalue weighted by molar-refractivity contribution is 0.0140. The van der Waals surface area contributed by atoms with E-state index < -0.39 is 5.60 Å². The Balaban J connectivity index is 1.59. The van der Waals surface area contributed by atoms with E-state index in [-0.39, 0.29) is 12.0 Å². The number of carbonyl (C=O) groups is 2. The van der Waals surface area contributed by atoms with Crippen molar-refractivity contribution in [3.63, 3.8) is 0 Å². The van der Waals surface area contributed by atoms with Crippen LogP contribution in [0.15, 0.2) is 54.6 Å². The Morgan fingerprint density at radius 3 is 2.14 bits per heavy atom. The van der Waals surface area contributed by atoms with E-state index in [0.717, 1.165) is 27.6 Å². The van der Waals surface area contributed by atoms with Crippen molar-refractivity contribution in [2.24, 2.45) is 0 Å². The highest BCUT2D eigenvalue weighted by Gasteiger charge is 2.30. The minimum Gasteiger partial charge on any atom is -0.497 e. The smallest absolute Gasteiger partial charge is 0.410 e. The number of methoxy groups -OCH3 is 2. The first-order valence-corrected chi connectivity index (χ1v) is 11.7. The first kappa shape index (κ1) is 24.4. The van der Waals surface area contributed by atoms with Crippen molar-refractivity contribution in [2.75, 3.05) is 40.4 Å². The van der Waals surface area contributed by atoms with Gasteiger partial charge in [-0.3, -0.25) is 4.79 Å². The third kappa shape index (κ3) is 5.34. The van der Waals surface area contributed by atoms with Gasteiger partial charge in [0.15, 0.2) is 0 Å². The van der Waals surface area contributed by atoms with Crippen molar-refractivity contribution in [1.29, 1.82) is 0 Å². The second-order valence-corrected chi connectivity index (χ2v) is 9.57. The van der Waals surface area contributed by atoms with Gasteiger partial charge in [-0.1, -0.05) is 30.3 Å². The largest absolute Gasteiger partial charge is 0.497 e. The molecule has 184 valence electrons. The molecule has 3 aromatic rings. The minimum atomic E-state index is -0.551. The number of amides is 2. The quantitative estimate of drug-likeness (QED) is 0.517. The lowest BCUT2D eigenvalue weighted by atomic mass is 9.97. The van der Waals surface area contributed by atoms with Crippen molar-refractivity contribution >= 4 is 22.8 Å². The van der Waals surface area contributed by atoms with Crippen LogP contribution in [0.1, 0.15) is 31.1 Å². The maximum absolute atomic E-state index is 13.6. The summed E-state index contributed by atoms with van der Waals surface area (Å²) in [6.45, 7) is 7.24. The van der Waals surface area contributed by atoms with Crippen molar-refractivity contribution in [3.05, 3.63) is 60.2 Å². The van der Waals surface area contributed by atoms with Crippen molar-refractivity contribution in [3.8, 4) is 22.6 Å². The number of rotatable bonds is 4. The van der Waals surface area contributed by atoms with E-state index in [9.17, 15) is 9.59 Å². The van der Waals surface area contributed by atoms with Crippen LogP contribution in [-0.4, -0.2) is 67.8 Å². The van der Waals surface area contributed by atoms with E-state index in [4.69, 9.17) is 14.2 Å². The molecule has 0 N–H and O–H groups in total. The lowest BCUT2D eigenvalue weighted by Crippen LogP contribution is -2.51. The monoisotopic (exact) mass is 476 g/mol. The van der Waals surface area contributed by atoms with E-state index in [1.807, 2.05) is 69.3 Å². The van der Waals surface area contributed by atoms with Gasteiger partial charge >= 0.3 is 6.09 Å². The molecule has 0 radical (unpaired) electrons. The highest BCUT2D eigenvalue weighted by atomic mass is 16.6. The van der Waals surface area contributed by atoms with Crippen molar-refractivity contribution < 1.29 is 23.8 Å². The molecule has 1 fully saturated rings. The van der Waals surface area contributed by atoms with Crippen LogP contribution >= 0.6 is 0 Å². The number of piperazine rings is 1. The van der Waals surface area contributed by atoms with Gasteiger partial charge in [0, 0.05) is 26.2 Å². The normalized spacial score (nSPS) is 14.1. The summed E-state index contributed by atoms with van der Waals surface area (Å²) in [5, 5.41) is 1.78. The van der Waals surface area contributed by atoms with Gasteiger partial charge in [0.05, 0.1) is 19.8 Å². The number of ether oxygens (including phenoxy) is 3. The molecule has 1 aliphatic rings. The second kappa shape index (κ2) is 9.86. The fourth-order valence-electron chi connectivity index (χ4n) is 4.26. The third-order valence-electron chi connectivity index (χ3n) is 6.04. The van der Waals surface area contributed by atoms with Crippen LogP contribution in [0.4, 0.5) is 4.79 Å². The average molecular weight is 477 g/mol. The standard InChI is InChI=1S/C28H32N2O5/c1-28(2,3)35-27(32)30-15-13-29(14-16-30)26(31)25-23-11-9-20(17-21(23)10-12-24(25)34-5)19-7-6-8-22(18-19)33-4/h6-12,17-18H,13-16H2,1-5H3. The first-order valence-electron chi connectivity index (χ1n) is 11.7. The number of nitrogens with zero attached hydrogens (tertiary/aromatic N) is 2. The van der Waals surface area contributed by atoms with Gasteiger partial charge in [-0.05, 0) is 66.9 Å². The predicted molar refractivity (Wildman–Crippen MR) is 136 cm³/mol. The number of benzene rings is 3. The Kier molecular flexibility index (Phi) is 6.87. The molecule has 4 rings (SSSR count). The highest BCUT2D eigenvalue weighted by Crippen LogP contribution is 2.33. The molecule has 0 bridgehead atoms. The Morgan fingerprint density at radius 2 is 1.49 bits per heavy atom. The van der Waals surface area contributed by atoms with E-state index in [0.29, 0.717) is 37.5 Å². The van der Waals surface area contributed by atoms with Gasteiger partial charge in [-0.25, -0.2) is 4.79 Å². The molecule has 35 heavy (non-hydrogen) atoms. The Morgan fingerprint density at radius 1 is 0.800 bits per heavy atom. The van der Waals surface area contributed by atoms with Crippen LogP contribution in [0, 0.1) is 0 Å². The van der Waals surface area contributed by atoms with Crippen LogP contribution in [0.2, 0.25) is 0 Å². The third-order valence-corrected chi connectivity index (χ3v) is 6.04. The number of carbonyl (C=O) groups excluding carboxylic acids is 2. The van der Waals surface area contributed by atoms with Crippen LogP contribution in [0.5, 0.6) is 11.5 Å². The molecule has 0 unspecified atom stereocenters. The summed E-state index contributed by atoms with van der Waals surface area (Å²) in [5.74, 6) is 1.22. The van der Waals surface area contributed by atoms with Crippen LogP contribution in [0.25, 0.3) is 21.9 Å². The lowest BCUT2D eigenvalue weighted by Gasteiger charge is -2.36. The molecular formula is C28H32N2O5. The molecule has 3 aromatic carbocycles. The molecule has 0 saturated carbocycles. The molecule has 0 spiro atoms. The molecule has 1 saturated heterocycles. The van der Waals surface area contributed by atoms with Crippen LogP contribution in [0.3, 0.4) is 0 Å². The van der Waals surface area contributed by atoms with Gasteiger partial charge in [0.2, 0.25) is 0 Å². The fraction of sp³-hybridized carbons (Fsp3) is 0.357. The van der Waals surface area contributed by atoms with Crippen LogP contribution in [-0.2, 0) is 4.74 Å². The number of fused-ring (bicyclic) bond motifs is 1. The van der Waals surface area contributed by atoms with Gasteiger partial charge < -0.3 is 24.0 Å². The zero-order chi connectivity index (χ0) is 25.2. The van der Waals surface area contributed by atoms with E-state index in [1.165, 1.54) is 0 Å². The highest BCUT2D eigenvalue weighted by molar-refractivity contribution is 6.10. The molecule has 0 atom stereocenters. The van der Waals surface area contributed by atoms with E-state index in [1.54, 1.807) is 24.0 Å². The number of hydrogen-bond acceptors (Lipinski definition) is 5. The molecule has 0 aromatic heterocycles. The van der Waals surface area contributed by atoms with Gasteiger partial charge in [-0.2, -0.15) is 0 Å². The average Bonchev–Trinajstić information content (AvgIpc) is 2.86. The summed E-state index contributed by atoms with van der Waals surface area (Å²) < 4.78 is 16.4. The van der Waals surface area contributed by atoms with E-state index >= 15 is 0 Å². The van der Waals surface area contributed by atoms with Crippen molar-refractivity contribution in [2.45, 2.75) is 26.4 Å². The van der Waals surface area contributed by atoms with Gasteiger partial charge in [-0.15, -0.1) is 0 Å². The zero-order valence-corrected chi connectivity index (χ0v) is 21.0. The second-order valence-electron chi connectivity index (χ2n) is 9.57. The number of hydrogen-bond donors (Lipinski definition) is 0. The molecular weight excluding hydrogens is 444 g/mol. The van der Waals surface area contributed by atoms with Crippen LogP contribution < -0.4 is 9.47 Å². The maximum Gasteiger partial charge on any atom is 0.410 e. The van der Waals surface area contributed by atoms with Crippen molar-refractivity contribution in [1.82, 2.24) is 9.80 Å². The summed E-state index contributed by atoms with van der Waals surface area (Å²) in [4.78, 5) is 29.4. The molecule has 7 heteroatoms. The van der Waals surface area contributed by atoms with E-state index in [2.05, 4.69) is 6.07 Å². The molecule has 2 amide bonds. The summed E-state index contributed by atoms with van der Waals surface area (Å²) in [5.41, 5.74) is 2.05. The summed E-state index contributed by atoms with van der Waals surface area (Å²) in [7, 11) is 3.22. The summed E-state index contributed by atoms with van der Waals surface area (Å²) in [6, 6.07) is 17.7. The summed E-state index contributed by atoms with van der Waals surface area (Å²) >= 11 is 0. The topological polar surface area (TPSA) is 68.3 Å². The Hall–Kier alpha value is -3.74. The minimum absolute atomic E-state index is 0.106. The molecule has 1 heterocycles. The van der Waals surface area contributed by atoms with Gasteiger partial charge in [0.25, 0.3) is 5.91 Å².